The molecule has 0 bridgehead atoms. The van der Waals surface area contributed by atoms with Crippen LogP contribution in [0.1, 0.15) is 39.2 Å². The smallest absolute Gasteiger partial charge is 0.0441 e. The molecule has 1 saturated carbocycles. The number of hydrogen-bond donors (Lipinski definition) is 1. The predicted molar refractivity (Wildman–Crippen MR) is 82.3 cm³/mol. The number of benzene rings is 1. The molecule has 2 atom stereocenters. The summed E-state index contributed by atoms with van der Waals surface area (Å²) in [5.41, 5.74) is 1.62. The Morgan fingerprint density at radius 1 is 1.39 bits per heavy atom. The summed E-state index contributed by atoms with van der Waals surface area (Å²) in [5.74, 6) is 1.24. The standard InChI is InChI=1S/C15H21BrClN/c1-9(2)18-8-12-14(15(12,3)4)11-7-10(16)5-6-13(11)17/h5-7,9,12,14,18H,8H2,1-4H3. The van der Waals surface area contributed by atoms with Crippen LogP contribution in [0.4, 0.5) is 0 Å². The van der Waals surface area contributed by atoms with Crippen molar-refractivity contribution in [3.05, 3.63) is 33.3 Å². The first-order valence-corrected chi connectivity index (χ1v) is 7.69. The van der Waals surface area contributed by atoms with Crippen molar-refractivity contribution in [2.75, 3.05) is 6.54 Å². The quantitative estimate of drug-likeness (QED) is 0.833. The molecule has 0 heterocycles. The van der Waals surface area contributed by atoms with Gasteiger partial charge in [0.2, 0.25) is 0 Å². The molecule has 0 aromatic heterocycles. The van der Waals surface area contributed by atoms with Gasteiger partial charge in [-0.3, -0.25) is 0 Å². The Morgan fingerprint density at radius 3 is 2.67 bits per heavy atom. The lowest BCUT2D eigenvalue weighted by atomic mass is 10.0. The van der Waals surface area contributed by atoms with Gasteiger partial charge < -0.3 is 5.32 Å². The average molecular weight is 331 g/mol. The Labute approximate surface area is 123 Å². The van der Waals surface area contributed by atoms with Crippen LogP contribution in [0, 0.1) is 11.3 Å². The van der Waals surface area contributed by atoms with E-state index in [0.29, 0.717) is 23.3 Å². The van der Waals surface area contributed by atoms with Gasteiger partial charge in [0.25, 0.3) is 0 Å². The van der Waals surface area contributed by atoms with Crippen molar-refractivity contribution in [3.63, 3.8) is 0 Å². The molecule has 0 radical (unpaired) electrons. The SMILES string of the molecule is CC(C)NCC1C(c2cc(Br)ccc2Cl)C1(C)C. The largest absolute Gasteiger partial charge is 0.314 e. The van der Waals surface area contributed by atoms with E-state index < -0.39 is 0 Å². The maximum atomic E-state index is 6.35. The molecule has 0 aliphatic heterocycles. The van der Waals surface area contributed by atoms with E-state index in [4.69, 9.17) is 11.6 Å². The van der Waals surface area contributed by atoms with Gasteiger partial charge in [-0.05, 0) is 47.6 Å². The summed E-state index contributed by atoms with van der Waals surface area (Å²) in [5, 5.41) is 4.43. The summed E-state index contributed by atoms with van der Waals surface area (Å²) in [7, 11) is 0. The van der Waals surface area contributed by atoms with E-state index in [2.05, 4.69) is 55.0 Å². The molecular weight excluding hydrogens is 310 g/mol. The molecule has 1 N–H and O–H groups in total. The highest BCUT2D eigenvalue weighted by Crippen LogP contribution is 2.65. The zero-order chi connectivity index (χ0) is 13.5. The van der Waals surface area contributed by atoms with Crippen molar-refractivity contribution in [1.82, 2.24) is 5.32 Å². The van der Waals surface area contributed by atoms with Gasteiger partial charge in [0.1, 0.15) is 0 Å². The van der Waals surface area contributed by atoms with Crippen LogP contribution >= 0.6 is 27.5 Å². The van der Waals surface area contributed by atoms with Crippen LogP contribution in [-0.4, -0.2) is 12.6 Å². The van der Waals surface area contributed by atoms with Crippen LogP contribution in [0.5, 0.6) is 0 Å². The summed E-state index contributed by atoms with van der Waals surface area (Å²) in [6.07, 6.45) is 0. The topological polar surface area (TPSA) is 12.0 Å². The second-order valence-electron chi connectivity index (χ2n) is 6.13. The Kier molecular flexibility index (Phi) is 4.10. The van der Waals surface area contributed by atoms with Gasteiger partial charge in [-0.15, -0.1) is 0 Å². The Morgan fingerprint density at radius 2 is 2.06 bits per heavy atom. The first-order chi connectivity index (χ1) is 8.34. The first-order valence-electron chi connectivity index (χ1n) is 6.52. The number of nitrogens with one attached hydrogen (secondary N) is 1. The first kappa shape index (κ1) is 14.4. The van der Waals surface area contributed by atoms with Crippen LogP contribution in [0.25, 0.3) is 0 Å². The molecule has 2 rings (SSSR count). The summed E-state index contributed by atoms with van der Waals surface area (Å²) in [4.78, 5) is 0. The van der Waals surface area contributed by atoms with Crippen LogP contribution in [0.3, 0.4) is 0 Å². The van der Waals surface area contributed by atoms with E-state index in [1.807, 2.05) is 12.1 Å². The second-order valence-corrected chi connectivity index (χ2v) is 7.46. The molecule has 18 heavy (non-hydrogen) atoms. The highest BCUT2D eigenvalue weighted by atomic mass is 79.9. The summed E-state index contributed by atoms with van der Waals surface area (Å²) < 4.78 is 1.11. The lowest BCUT2D eigenvalue weighted by Gasteiger charge is -2.08. The molecule has 1 aromatic carbocycles. The van der Waals surface area contributed by atoms with Crippen molar-refractivity contribution >= 4 is 27.5 Å². The van der Waals surface area contributed by atoms with Crippen molar-refractivity contribution < 1.29 is 0 Å². The molecule has 2 unspecified atom stereocenters. The number of hydrogen-bond acceptors (Lipinski definition) is 1. The minimum atomic E-state index is 0.340. The van der Waals surface area contributed by atoms with E-state index in [0.717, 1.165) is 16.0 Å². The molecular formula is C15H21BrClN. The van der Waals surface area contributed by atoms with Gasteiger partial charge in [-0.2, -0.15) is 0 Å². The fraction of sp³-hybridized carbons (Fsp3) is 0.600. The fourth-order valence-electron chi connectivity index (χ4n) is 2.86. The maximum absolute atomic E-state index is 6.35. The molecule has 0 spiro atoms. The van der Waals surface area contributed by atoms with Gasteiger partial charge in [-0.25, -0.2) is 0 Å². The Balaban J connectivity index is 2.16. The third-order valence-corrected chi connectivity index (χ3v) is 4.93. The minimum Gasteiger partial charge on any atom is -0.314 e. The van der Waals surface area contributed by atoms with E-state index in [9.17, 15) is 0 Å². The number of rotatable bonds is 4. The van der Waals surface area contributed by atoms with Crippen LogP contribution in [0.15, 0.2) is 22.7 Å². The van der Waals surface area contributed by atoms with E-state index in [1.54, 1.807) is 0 Å². The molecule has 1 fully saturated rings. The van der Waals surface area contributed by atoms with Crippen molar-refractivity contribution in [2.24, 2.45) is 11.3 Å². The third kappa shape index (κ3) is 2.76. The highest BCUT2D eigenvalue weighted by molar-refractivity contribution is 9.10. The molecule has 3 heteroatoms. The number of halogens is 2. The molecule has 0 amide bonds. The zero-order valence-corrected chi connectivity index (χ0v) is 13.8. The summed E-state index contributed by atoms with van der Waals surface area (Å²) in [6.45, 7) is 10.1. The average Bonchev–Trinajstić information content (AvgIpc) is 2.81. The Bertz CT molecular complexity index is 442. The van der Waals surface area contributed by atoms with Crippen molar-refractivity contribution in [2.45, 2.75) is 39.7 Å². The van der Waals surface area contributed by atoms with Crippen molar-refractivity contribution in [3.8, 4) is 0 Å². The third-order valence-electron chi connectivity index (χ3n) is 4.09. The lowest BCUT2D eigenvalue weighted by molar-refractivity contribution is 0.491. The van der Waals surface area contributed by atoms with Crippen LogP contribution in [0.2, 0.25) is 5.02 Å². The second kappa shape index (κ2) is 5.15. The van der Waals surface area contributed by atoms with E-state index >= 15 is 0 Å². The summed E-state index contributed by atoms with van der Waals surface area (Å²) in [6, 6.07) is 6.70. The van der Waals surface area contributed by atoms with Gasteiger partial charge in [0.05, 0.1) is 0 Å². The van der Waals surface area contributed by atoms with Gasteiger partial charge in [-0.1, -0.05) is 55.2 Å². The fourth-order valence-corrected chi connectivity index (χ4v) is 3.47. The van der Waals surface area contributed by atoms with E-state index in [-0.39, 0.29) is 0 Å². The molecule has 1 aromatic rings. The zero-order valence-electron chi connectivity index (χ0n) is 11.4. The predicted octanol–water partition coefficient (Wildman–Crippen LogP) is 4.84. The minimum absolute atomic E-state index is 0.340. The van der Waals surface area contributed by atoms with E-state index in [1.165, 1.54) is 5.56 Å². The van der Waals surface area contributed by atoms with Crippen LogP contribution < -0.4 is 5.32 Å². The molecule has 0 saturated heterocycles. The van der Waals surface area contributed by atoms with Gasteiger partial charge >= 0.3 is 0 Å². The van der Waals surface area contributed by atoms with Crippen LogP contribution in [-0.2, 0) is 0 Å². The van der Waals surface area contributed by atoms with Gasteiger partial charge in [0.15, 0.2) is 0 Å². The van der Waals surface area contributed by atoms with Crippen molar-refractivity contribution in [1.29, 1.82) is 0 Å². The molecule has 1 aliphatic carbocycles. The summed E-state index contributed by atoms with van der Waals surface area (Å²) >= 11 is 9.88. The molecule has 1 nitrogen and oxygen atoms in total. The van der Waals surface area contributed by atoms with Gasteiger partial charge in [0, 0.05) is 15.5 Å². The molecule has 1 aliphatic rings. The molecule has 100 valence electrons. The lowest BCUT2D eigenvalue weighted by Crippen LogP contribution is -2.26. The monoisotopic (exact) mass is 329 g/mol. The Hall–Kier alpha value is -0.0500. The normalized spacial score (nSPS) is 25.5. The maximum Gasteiger partial charge on any atom is 0.0441 e. The highest BCUT2D eigenvalue weighted by Gasteiger charge is 2.58.